The van der Waals surface area contributed by atoms with Gasteiger partial charge in [-0.1, -0.05) is 18.2 Å². The summed E-state index contributed by atoms with van der Waals surface area (Å²) in [6.45, 7) is 1.54. The fourth-order valence-corrected chi connectivity index (χ4v) is 1.76. The standard InChI is InChI=1S/C16H20N4O3/c1-22-12-10-17-14-7-8-15(20-19-14)18-16(21)9-11-23-13-5-3-2-4-6-13/h2-8H,9-12H2,1H3,(H,17,19)(H,18,20,21). The van der Waals surface area contributed by atoms with Crippen LogP contribution in [0.15, 0.2) is 42.5 Å². The zero-order chi connectivity index (χ0) is 16.3. The molecule has 122 valence electrons. The Labute approximate surface area is 135 Å². The lowest BCUT2D eigenvalue weighted by Gasteiger charge is -2.07. The zero-order valence-electron chi connectivity index (χ0n) is 13.0. The largest absolute Gasteiger partial charge is 0.493 e. The molecule has 0 radical (unpaired) electrons. The second-order valence-electron chi connectivity index (χ2n) is 4.68. The van der Waals surface area contributed by atoms with Crippen molar-refractivity contribution in [1.82, 2.24) is 10.2 Å². The molecule has 0 aliphatic carbocycles. The summed E-state index contributed by atoms with van der Waals surface area (Å²) in [4.78, 5) is 11.8. The number of nitrogens with one attached hydrogen (secondary N) is 2. The molecule has 1 aromatic carbocycles. The Balaban J connectivity index is 1.70. The Morgan fingerprint density at radius 3 is 2.48 bits per heavy atom. The SMILES string of the molecule is COCCNc1ccc(NC(=O)CCOc2ccccc2)nn1. The molecule has 0 atom stereocenters. The summed E-state index contributed by atoms with van der Waals surface area (Å²) >= 11 is 0. The fourth-order valence-electron chi connectivity index (χ4n) is 1.76. The molecule has 2 aromatic rings. The van der Waals surface area contributed by atoms with E-state index in [9.17, 15) is 4.79 Å². The lowest BCUT2D eigenvalue weighted by Crippen LogP contribution is -2.16. The van der Waals surface area contributed by atoms with Crippen molar-refractivity contribution in [2.45, 2.75) is 6.42 Å². The van der Waals surface area contributed by atoms with E-state index in [-0.39, 0.29) is 12.3 Å². The number of benzene rings is 1. The van der Waals surface area contributed by atoms with Crippen LogP contribution in [-0.2, 0) is 9.53 Å². The Hall–Kier alpha value is -2.67. The Morgan fingerprint density at radius 2 is 1.78 bits per heavy atom. The van der Waals surface area contributed by atoms with E-state index in [0.29, 0.717) is 31.4 Å². The number of hydrogen-bond donors (Lipinski definition) is 2. The first kappa shape index (κ1) is 16.7. The van der Waals surface area contributed by atoms with Gasteiger partial charge in [0.05, 0.1) is 19.6 Å². The molecule has 7 heteroatoms. The first-order valence-electron chi connectivity index (χ1n) is 7.32. The minimum atomic E-state index is -0.171. The average Bonchev–Trinajstić information content (AvgIpc) is 2.58. The quantitative estimate of drug-likeness (QED) is 0.688. The predicted molar refractivity (Wildman–Crippen MR) is 87.6 cm³/mol. The van der Waals surface area contributed by atoms with Gasteiger partial charge in [0.15, 0.2) is 5.82 Å². The van der Waals surface area contributed by atoms with E-state index in [2.05, 4.69) is 20.8 Å². The highest BCUT2D eigenvalue weighted by Gasteiger charge is 2.05. The molecular formula is C16H20N4O3. The fraction of sp³-hybridized carbons (Fsp3) is 0.312. The summed E-state index contributed by atoms with van der Waals surface area (Å²) < 4.78 is 10.4. The number of rotatable bonds is 9. The van der Waals surface area contributed by atoms with Crippen LogP contribution in [0.2, 0.25) is 0 Å². The normalized spacial score (nSPS) is 10.1. The third-order valence-electron chi connectivity index (χ3n) is 2.89. The molecule has 0 saturated carbocycles. The molecule has 0 saturated heterocycles. The highest BCUT2D eigenvalue weighted by atomic mass is 16.5. The van der Waals surface area contributed by atoms with Crippen LogP contribution in [0.5, 0.6) is 5.75 Å². The van der Waals surface area contributed by atoms with Gasteiger partial charge < -0.3 is 20.1 Å². The average molecular weight is 316 g/mol. The summed E-state index contributed by atoms with van der Waals surface area (Å²) in [7, 11) is 1.63. The lowest BCUT2D eigenvalue weighted by molar-refractivity contribution is -0.116. The maximum absolute atomic E-state index is 11.8. The number of carbonyl (C=O) groups is 1. The molecule has 0 aliphatic rings. The van der Waals surface area contributed by atoms with Crippen molar-refractivity contribution in [2.24, 2.45) is 0 Å². The van der Waals surface area contributed by atoms with E-state index in [0.717, 1.165) is 5.75 Å². The Bertz CT molecular complexity index is 590. The Kier molecular flexibility index (Phi) is 6.80. The van der Waals surface area contributed by atoms with Gasteiger partial charge in [-0.25, -0.2) is 0 Å². The van der Waals surface area contributed by atoms with Crippen molar-refractivity contribution in [3.63, 3.8) is 0 Å². The number of hydrogen-bond acceptors (Lipinski definition) is 6. The van der Waals surface area contributed by atoms with E-state index < -0.39 is 0 Å². The third kappa shape index (κ3) is 6.31. The number of carbonyl (C=O) groups excluding carboxylic acids is 1. The van der Waals surface area contributed by atoms with Crippen molar-refractivity contribution in [3.05, 3.63) is 42.5 Å². The first-order valence-corrected chi connectivity index (χ1v) is 7.32. The monoisotopic (exact) mass is 316 g/mol. The molecular weight excluding hydrogens is 296 g/mol. The van der Waals surface area contributed by atoms with Gasteiger partial charge >= 0.3 is 0 Å². The second-order valence-corrected chi connectivity index (χ2v) is 4.68. The second kappa shape index (κ2) is 9.37. The topological polar surface area (TPSA) is 85.4 Å². The number of ether oxygens (including phenoxy) is 2. The van der Waals surface area contributed by atoms with Crippen LogP contribution in [0.1, 0.15) is 6.42 Å². The van der Waals surface area contributed by atoms with Gasteiger partial charge in [-0.05, 0) is 24.3 Å². The summed E-state index contributed by atoms with van der Waals surface area (Å²) in [5.74, 6) is 1.61. The number of aromatic nitrogens is 2. The number of amides is 1. The van der Waals surface area contributed by atoms with E-state index in [1.165, 1.54) is 0 Å². The van der Waals surface area contributed by atoms with Crippen molar-refractivity contribution < 1.29 is 14.3 Å². The molecule has 2 rings (SSSR count). The summed E-state index contributed by atoms with van der Waals surface area (Å²) in [5, 5.41) is 13.6. The molecule has 1 amide bonds. The van der Waals surface area contributed by atoms with Gasteiger partial charge in [-0.2, -0.15) is 0 Å². The van der Waals surface area contributed by atoms with Gasteiger partial charge in [0, 0.05) is 13.7 Å². The van der Waals surface area contributed by atoms with Crippen molar-refractivity contribution in [1.29, 1.82) is 0 Å². The maximum atomic E-state index is 11.8. The molecule has 1 heterocycles. The number of nitrogens with zero attached hydrogens (tertiary/aromatic N) is 2. The minimum Gasteiger partial charge on any atom is -0.493 e. The van der Waals surface area contributed by atoms with Gasteiger partial charge in [0.2, 0.25) is 5.91 Å². The third-order valence-corrected chi connectivity index (χ3v) is 2.89. The van der Waals surface area contributed by atoms with Gasteiger partial charge in [-0.3, -0.25) is 4.79 Å². The molecule has 0 unspecified atom stereocenters. The van der Waals surface area contributed by atoms with Crippen LogP contribution in [-0.4, -0.2) is 43.0 Å². The van der Waals surface area contributed by atoms with Crippen molar-refractivity contribution in [3.8, 4) is 5.75 Å². The zero-order valence-corrected chi connectivity index (χ0v) is 13.0. The van der Waals surface area contributed by atoms with Crippen LogP contribution < -0.4 is 15.4 Å². The van der Waals surface area contributed by atoms with Crippen LogP contribution in [0.25, 0.3) is 0 Å². The summed E-state index contributed by atoms with van der Waals surface area (Å²) in [6, 6.07) is 12.8. The van der Waals surface area contributed by atoms with Gasteiger partial charge in [0.25, 0.3) is 0 Å². The number of methoxy groups -OCH3 is 1. The predicted octanol–water partition coefficient (Wildman–Crippen LogP) is 1.94. The van der Waals surface area contributed by atoms with Crippen LogP contribution in [0.4, 0.5) is 11.6 Å². The van der Waals surface area contributed by atoms with E-state index in [1.807, 2.05) is 30.3 Å². The lowest BCUT2D eigenvalue weighted by atomic mass is 10.3. The highest BCUT2D eigenvalue weighted by Crippen LogP contribution is 2.09. The molecule has 0 bridgehead atoms. The molecule has 0 aliphatic heterocycles. The van der Waals surface area contributed by atoms with Crippen LogP contribution >= 0.6 is 0 Å². The van der Waals surface area contributed by atoms with Gasteiger partial charge in [0.1, 0.15) is 11.6 Å². The first-order chi connectivity index (χ1) is 11.3. The highest BCUT2D eigenvalue weighted by molar-refractivity contribution is 5.89. The summed E-state index contributed by atoms with van der Waals surface area (Å²) in [5.41, 5.74) is 0. The molecule has 1 aromatic heterocycles. The molecule has 0 spiro atoms. The van der Waals surface area contributed by atoms with Gasteiger partial charge in [-0.15, -0.1) is 10.2 Å². The van der Waals surface area contributed by atoms with Crippen molar-refractivity contribution >= 4 is 17.5 Å². The smallest absolute Gasteiger partial charge is 0.229 e. The van der Waals surface area contributed by atoms with Crippen molar-refractivity contribution in [2.75, 3.05) is 37.5 Å². The van der Waals surface area contributed by atoms with E-state index >= 15 is 0 Å². The Morgan fingerprint density at radius 1 is 1.04 bits per heavy atom. The minimum absolute atomic E-state index is 0.171. The molecule has 23 heavy (non-hydrogen) atoms. The van der Waals surface area contributed by atoms with E-state index in [1.54, 1.807) is 19.2 Å². The molecule has 2 N–H and O–H groups in total. The van der Waals surface area contributed by atoms with Crippen LogP contribution in [0.3, 0.4) is 0 Å². The molecule has 7 nitrogen and oxygen atoms in total. The molecule has 0 fully saturated rings. The number of para-hydroxylation sites is 1. The van der Waals surface area contributed by atoms with E-state index in [4.69, 9.17) is 9.47 Å². The number of anilines is 2. The maximum Gasteiger partial charge on any atom is 0.229 e. The summed E-state index contributed by atoms with van der Waals surface area (Å²) in [6.07, 6.45) is 0.240. The van der Waals surface area contributed by atoms with Crippen LogP contribution in [0, 0.1) is 0 Å².